The fraction of sp³-hybridized carbons (Fsp3) is 0.0500. The third-order valence-corrected chi connectivity index (χ3v) is 5.72. The molecular formula is C20H14FN3O2S2. The first-order valence-electron chi connectivity index (χ1n) is 8.35. The van der Waals surface area contributed by atoms with Crippen molar-refractivity contribution in [3.8, 4) is 11.1 Å². The van der Waals surface area contributed by atoms with Crippen molar-refractivity contribution in [3.05, 3.63) is 76.1 Å². The van der Waals surface area contributed by atoms with Gasteiger partial charge in [0, 0.05) is 16.6 Å². The number of thioether (sulfide) groups is 1. The molecule has 0 spiro atoms. The van der Waals surface area contributed by atoms with Crippen molar-refractivity contribution in [1.82, 2.24) is 9.97 Å². The number of hydrogen-bond acceptors (Lipinski definition) is 5. The summed E-state index contributed by atoms with van der Waals surface area (Å²) in [6.07, 6.45) is 0. The van der Waals surface area contributed by atoms with E-state index < -0.39 is 0 Å². The number of nitrogens with one attached hydrogen (secondary N) is 2. The highest BCUT2D eigenvalue weighted by Gasteiger charge is 2.14. The Morgan fingerprint density at radius 3 is 2.64 bits per heavy atom. The Kier molecular flexibility index (Phi) is 5.23. The summed E-state index contributed by atoms with van der Waals surface area (Å²) in [6.45, 7) is 0. The summed E-state index contributed by atoms with van der Waals surface area (Å²) in [5.41, 5.74) is 1.90. The molecule has 0 saturated carbocycles. The third-order valence-electron chi connectivity index (χ3n) is 3.97. The highest BCUT2D eigenvalue weighted by Crippen LogP contribution is 2.31. The molecule has 2 heterocycles. The molecule has 0 aliphatic rings. The Balaban J connectivity index is 1.53. The van der Waals surface area contributed by atoms with Crippen LogP contribution in [0, 0.1) is 5.82 Å². The number of aromatic nitrogens is 2. The fourth-order valence-corrected chi connectivity index (χ4v) is 4.36. The van der Waals surface area contributed by atoms with Gasteiger partial charge in [0.15, 0.2) is 5.16 Å². The van der Waals surface area contributed by atoms with Gasteiger partial charge in [-0.15, -0.1) is 11.3 Å². The highest BCUT2D eigenvalue weighted by molar-refractivity contribution is 7.99. The third kappa shape index (κ3) is 3.97. The van der Waals surface area contributed by atoms with Crippen LogP contribution in [0.3, 0.4) is 0 Å². The molecule has 28 heavy (non-hydrogen) atoms. The molecule has 0 bridgehead atoms. The molecule has 0 radical (unpaired) electrons. The van der Waals surface area contributed by atoms with Crippen molar-refractivity contribution in [2.75, 3.05) is 11.1 Å². The molecule has 8 heteroatoms. The number of carbonyl (C=O) groups is 1. The van der Waals surface area contributed by atoms with E-state index >= 15 is 0 Å². The van der Waals surface area contributed by atoms with Crippen LogP contribution in [0.25, 0.3) is 21.3 Å². The van der Waals surface area contributed by atoms with E-state index in [1.165, 1.54) is 23.5 Å². The van der Waals surface area contributed by atoms with Crippen LogP contribution >= 0.6 is 23.1 Å². The average molecular weight is 411 g/mol. The van der Waals surface area contributed by atoms with Crippen LogP contribution in [0.1, 0.15) is 0 Å². The first kappa shape index (κ1) is 18.4. The summed E-state index contributed by atoms with van der Waals surface area (Å²) in [5, 5.41) is 5.47. The van der Waals surface area contributed by atoms with E-state index in [2.05, 4.69) is 15.3 Å². The monoisotopic (exact) mass is 411 g/mol. The fourth-order valence-electron chi connectivity index (χ4n) is 2.69. The molecule has 4 aromatic rings. The maximum absolute atomic E-state index is 13.1. The van der Waals surface area contributed by atoms with E-state index in [1.54, 1.807) is 24.3 Å². The minimum Gasteiger partial charge on any atom is -0.325 e. The number of amides is 1. The van der Waals surface area contributed by atoms with Gasteiger partial charge in [0.2, 0.25) is 5.91 Å². The minimum absolute atomic E-state index is 0.125. The molecule has 0 aliphatic carbocycles. The Hall–Kier alpha value is -2.97. The van der Waals surface area contributed by atoms with Crippen molar-refractivity contribution < 1.29 is 9.18 Å². The van der Waals surface area contributed by atoms with Crippen molar-refractivity contribution in [2.24, 2.45) is 0 Å². The molecule has 1 amide bonds. The maximum Gasteiger partial charge on any atom is 0.260 e. The van der Waals surface area contributed by atoms with E-state index in [0.29, 0.717) is 26.6 Å². The number of carbonyl (C=O) groups excluding carboxylic acids is 1. The van der Waals surface area contributed by atoms with Crippen LogP contribution in [0.2, 0.25) is 0 Å². The van der Waals surface area contributed by atoms with Crippen LogP contribution < -0.4 is 10.9 Å². The normalized spacial score (nSPS) is 10.9. The second kappa shape index (κ2) is 7.95. The number of anilines is 1. The van der Waals surface area contributed by atoms with E-state index in [1.807, 2.05) is 23.6 Å². The van der Waals surface area contributed by atoms with E-state index in [-0.39, 0.29) is 23.0 Å². The summed E-state index contributed by atoms with van der Waals surface area (Å²) in [7, 11) is 0. The van der Waals surface area contributed by atoms with Crippen LogP contribution in [0.4, 0.5) is 10.1 Å². The number of benzene rings is 2. The summed E-state index contributed by atoms with van der Waals surface area (Å²) >= 11 is 2.50. The Labute approximate surface area is 167 Å². The number of nitrogens with zero attached hydrogens (tertiary/aromatic N) is 1. The van der Waals surface area contributed by atoms with Gasteiger partial charge in [0.1, 0.15) is 10.6 Å². The van der Waals surface area contributed by atoms with Gasteiger partial charge >= 0.3 is 0 Å². The predicted molar refractivity (Wildman–Crippen MR) is 111 cm³/mol. The molecule has 2 aromatic heterocycles. The average Bonchev–Trinajstić information content (AvgIpc) is 3.12. The molecule has 0 fully saturated rings. The number of hydrogen-bond donors (Lipinski definition) is 2. The van der Waals surface area contributed by atoms with Crippen LogP contribution in [-0.4, -0.2) is 21.6 Å². The van der Waals surface area contributed by atoms with Crippen molar-refractivity contribution in [3.63, 3.8) is 0 Å². The molecule has 5 nitrogen and oxygen atoms in total. The van der Waals surface area contributed by atoms with Gasteiger partial charge in [0.25, 0.3) is 5.56 Å². The zero-order valence-corrected chi connectivity index (χ0v) is 16.1. The van der Waals surface area contributed by atoms with E-state index in [4.69, 9.17) is 0 Å². The summed E-state index contributed by atoms with van der Waals surface area (Å²) in [6, 6.07) is 15.1. The van der Waals surface area contributed by atoms with E-state index in [9.17, 15) is 14.0 Å². The van der Waals surface area contributed by atoms with Gasteiger partial charge in [-0.05, 0) is 29.8 Å². The van der Waals surface area contributed by atoms with Gasteiger partial charge in [0.05, 0.1) is 11.1 Å². The predicted octanol–water partition coefficient (Wildman–Crippen LogP) is 4.52. The number of halogens is 1. The van der Waals surface area contributed by atoms with Gasteiger partial charge < -0.3 is 10.3 Å². The molecular weight excluding hydrogens is 397 g/mol. The SMILES string of the molecule is O=C(CSc1nc2scc(-c3ccc(F)cc3)c2c(=O)[nH]1)Nc1ccccc1. The molecule has 0 atom stereocenters. The number of thiophene rings is 1. The highest BCUT2D eigenvalue weighted by atomic mass is 32.2. The Morgan fingerprint density at radius 2 is 1.89 bits per heavy atom. The lowest BCUT2D eigenvalue weighted by atomic mass is 10.1. The van der Waals surface area contributed by atoms with E-state index in [0.717, 1.165) is 17.3 Å². The lowest BCUT2D eigenvalue weighted by molar-refractivity contribution is -0.113. The standard InChI is InChI=1S/C20H14FN3O2S2/c21-13-8-6-12(7-9-13)15-10-27-19-17(15)18(26)23-20(24-19)28-11-16(25)22-14-4-2-1-3-5-14/h1-10H,11H2,(H,22,25)(H,23,24,26). The topological polar surface area (TPSA) is 74.8 Å². The lowest BCUT2D eigenvalue weighted by Gasteiger charge is -2.05. The molecule has 4 rings (SSSR count). The number of rotatable bonds is 5. The molecule has 2 aromatic carbocycles. The maximum atomic E-state index is 13.1. The molecule has 0 aliphatic heterocycles. The van der Waals surface area contributed by atoms with Gasteiger partial charge in [-0.25, -0.2) is 9.37 Å². The van der Waals surface area contributed by atoms with Crippen LogP contribution in [0.15, 0.2) is 69.9 Å². The smallest absolute Gasteiger partial charge is 0.260 e. The molecule has 140 valence electrons. The zero-order valence-electron chi connectivity index (χ0n) is 14.4. The van der Waals surface area contributed by atoms with Gasteiger partial charge in [-0.2, -0.15) is 0 Å². The minimum atomic E-state index is -0.331. The number of aromatic amines is 1. The first-order valence-corrected chi connectivity index (χ1v) is 10.2. The van der Waals surface area contributed by atoms with Gasteiger partial charge in [-0.1, -0.05) is 42.1 Å². The summed E-state index contributed by atoms with van der Waals surface area (Å²) in [5.74, 6) is -0.389. The van der Waals surface area contributed by atoms with Crippen LogP contribution in [0.5, 0.6) is 0 Å². The zero-order chi connectivity index (χ0) is 19.5. The second-order valence-electron chi connectivity index (χ2n) is 5.91. The lowest BCUT2D eigenvalue weighted by Crippen LogP contribution is -2.15. The second-order valence-corrected chi connectivity index (χ2v) is 7.73. The molecule has 2 N–H and O–H groups in total. The first-order chi connectivity index (χ1) is 13.6. The van der Waals surface area contributed by atoms with Crippen molar-refractivity contribution >= 4 is 44.9 Å². The van der Waals surface area contributed by atoms with Crippen LogP contribution in [-0.2, 0) is 4.79 Å². The van der Waals surface area contributed by atoms with Gasteiger partial charge in [-0.3, -0.25) is 9.59 Å². The Bertz CT molecular complexity index is 1190. The van der Waals surface area contributed by atoms with Crippen molar-refractivity contribution in [1.29, 1.82) is 0 Å². The Morgan fingerprint density at radius 1 is 1.14 bits per heavy atom. The number of fused-ring (bicyclic) bond motifs is 1. The summed E-state index contributed by atoms with van der Waals surface area (Å²) in [4.78, 5) is 32.4. The molecule has 0 unspecified atom stereocenters. The number of H-pyrrole nitrogens is 1. The molecule has 0 saturated heterocycles. The summed E-state index contributed by atoms with van der Waals surface area (Å²) < 4.78 is 13.1. The largest absolute Gasteiger partial charge is 0.325 e. The number of para-hydroxylation sites is 1. The quantitative estimate of drug-likeness (QED) is 0.374. The van der Waals surface area contributed by atoms with Crippen molar-refractivity contribution in [2.45, 2.75) is 5.16 Å².